The zero-order valence-electron chi connectivity index (χ0n) is 17.6. The highest BCUT2D eigenvalue weighted by Crippen LogP contribution is 2.32. The standard InChI is InChI=1S/C23H27N5O2/c1-16-20(17(2)28(27-16)19-7-5-4-6-8-19)14-26-23(24-3)25-12-11-18-9-10-21-22(13-18)30-15-29-21/h4-10,13H,11-12,14-15H2,1-3H3,(H2,24,25,26). The summed E-state index contributed by atoms with van der Waals surface area (Å²) in [5.74, 6) is 2.39. The number of aryl methyl sites for hydroxylation is 1. The lowest BCUT2D eigenvalue weighted by Gasteiger charge is -2.12. The molecule has 7 nitrogen and oxygen atoms in total. The number of fused-ring (bicyclic) bond motifs is 1. The molecule has 7 heteroatoms. The zero-order valence-corrected chi connectivity index (χ0v) is 17.6. The maximum absolute atomic E-state index is 5.44. The van der Waals surface area contributed by atoms with Gasteiger partial charge in [-0.1, -0.05) is 24.3 Å². The Morgan fingerprint density at radius 2 is 1.87 bits per heavy atom. The van der Waals surface area contributed by atoms with Gasteiger partial charge in [0.25, 0.3) is 0 Å². The van der Waals surface area contributed by atoms with Crippen LogP contribution in [-0.2, 0) is 13.0 Å². The number of hydrogen-bond acceptors (Lipinski definition) is 4. The van der Waals surface area contributed by atoms with Crippen molar-refractivity contribution < 1.29 is 9.47 Å². The van der Waals surface area contributed by atoms with Crippen LogP contribution in [0.2, 0.25) is 0 Å². The molecule has 0 amide bonds. The molecule has 1 aliphatic rings. The predicted molar refractivity (Wildman–Crippen MR) is 118 cm³/mol. The fraction of sp³-hybridized carbons (Fsp3) is 0.304. The maximum atomic E-state index is 5.44. The molecule has 0 aliphatic carbocycles. The highest BCUT2D eigenvalue weighted by atomic mass is 16.7. The first kappa shape index (κ1) is 19.8. The Labute approximate surface area is 176 Å². The van der Waals surface area contributed by atoms with Crippen molar-refractivity contribution in [3.63, 3.8) is 0 Å². The highest BCUT2D eigenvalue weighted by Gasteiger charge is 2.14. The number of rotatable bonds is 6. The summed E-state index contributed by atoms with van der Waals surface area (Å²) in [5, 5.41) is 11.5. The summed E-state index contributed by atoms with van der Waals surface area (Å²) in [6.07, 6.45) is 0.862. The number of nitrogens with one attached hydrogen (secondary N) is 2. The Morgan fingerprint density at radius 3 is 2.67 bits per heavy atom. The van der Waals surface area contributed by atoms with E-state index >= 15 is 0 Å². The van der Waals surface area contributed by atoms with Gasteiger partial charge in [0.05, 0.1) is 11.4 Å². The van der Waals surface area contributed by atoms with Crippen molar-refractivity contribution in [3.8, 4) is 17.2 Å². The number of guanidine groups is 1. The van der Waals surface area contributed by atoms with Gasteiger partial charge in [0.1, 0.15) is 0 Å². The van der Waals surface area contributed by atoms with Crippen molar-refractivity contribution >= 4 is 5.96 Å². The topological polar surface area (TPSA) is 72.7 Å². The molecule has 0 radical (unpaired) electrons. The molecular formula is C23H27N5O2. The van der Waals surface area contributed by atoms with Crippen LogP contribution >= 0.6 is 0 Å². The molecule has 30 heavy (non-hydrogen) atoms. The molecule has 3 aromatic rings. The number of hydrogen-bond donors (Lipinski definition) is 2. The average molecular weight is 406 g/mol. The second kappa shape index (κ2) is 8.90. The van der Waals surface area contributed by atoms with E-state index in [-0.39, 0.29) is 0 Å². The van der Waals surface area contributed by atoms with E-state index in [1.54, 1.807) is 7.05 Å². The van der Waals surface area contributed by atoms with Gasteiger partial charge in [-0.3, -0.25) is 4.99 Å². The molecule has 0 unspecified atom stereocenters. The van der Waals surface area contributed by atoms with Gasteiger partial charge in [0.15, 0.2) is 17.5 Å². The van der Waals surface area contributed by atoms with Gasteiger partial charge in [-0.2, -0.15) is 5.10 Å². The van der Waals surface area contributed by atoms with Crippen LogP contribution in [0.25, 0.3) is 5.69 Å². The Morgan fingerprint density at radius 1 is 1.07 bits per heavy atom. The fourth-order valence-electron chi connectivity index (χ4n) is 3.57. The second-order valence-electron chi connectivity index (χ2n) is 7.19. The Bertz CT molecular complexity index is 1040. The first-order valence-electron chi connectivity index (χ1n) is 10.1. The molecule has 156 valence electrons. The number of aliphatic imine (C=N–C) groups is 1. The van der Waals surface area contributed by atoms with Crippen LogP contribution in [-0.4, -0.2) is 36.1 Å². The second-order valence-corrected chi connectivity index (χ2v) is 7.19. The maximum Gasteiger partial charge on any atom is 0.231 e. The minimum atomic E-state index is 0.299. The molecule has 1 aliphatic heterocycles. The van der Waals surface area contributed by atoms with Gasteiger partial charge in [-0.05, 0) is 50.1 Å². The minimum absolute atomic E-state index is 0.299. The summed E-state index contributed by atoms with van der Waals surface area (Å²) in [6.45, 7) is 5.86. The quantitative estimate of drug-likeness (QED) is 0.487. The Balaban J connectivity index is 1.33. The van der Waals surface area contributed by atoms with Gasteiger partial charge < -0.3 is 20.1 Å². The van der Waals surface area contributed by atoms with Crippen molar-refractivity contribution in [3.05, 3.63) is 71.0 Å². The first-order chi connectivity index (χ1) is 14.7. The monoisotopic (exact) mass is 405 g/mol. The average Bonchev–Trinajstić information content (AvgIpc) is 3.35. The Hall–Kier alpha value is -3.48. The summed E-state index contributed by atoms with van der Waals surface area (Å²) < 4.78 is 12.8. The van der Waals surface area contributed by atoms with Gasteiger partial charge in [-0.25, -0.2) is 4.68 Å². The largest absolute Gasteiger partial charge is 0.454 e. The third kappa shape index (κ3) is 4.25. The van der Waals surface area contributed by atoms with Gasteiger partial charge >= 0.3 is 0 Å². The molecule has 0 saturated heterocycles. The lowest BCUT2D eigenvalue weighted by atomic mass is 10.1. The molecule has 0 atom stereocenters. The van der Waals surface area contributed by atoms with E-state index in [9.17, 15) is 0 Å². The molecule has 2 aromatic carbocycles. The summed E-state index contributed by atoms with van der Waals surface area (Å²) in [4.78, 5) is 4.34. The lowest BCUT2D eigenvalue weighted by Crippen LogP contribution is -2.38. The van der Waals surface area contributed by atoms with Crippen molar-refractivity contribution in [1.82, 2.24) is 20.4 Å². The third-order valence-electron chi connectivity index (χ3n) is 5.24. The van der Waals surface area contributed by atoms with Crippen LogP contribution in [0.1, 0.15) is 22.5 Å². The smallest absolute Gasteiger partial charge is 0.231 e. The number of ether oxygens (including phenoxy) is 2. The number of benzene rings is 2. The van der Waals surface area contributed by atoms with E-state index < -0.39 is 0 Å². The Kier molecular flexibility index (Phi) is 5.88. The van der Waals surface area contributed by atoms with E-state index in [1.165, 1.54) is 11.1 Å². The molecule has 2 heterocycles. The van der Waals surface area contributed by atoms with Crippen LogP contribution in [0.15, 0.2) is 53.5 Å². The molecule has 2 N–H and O–H groups in total. The van der Waals surface area contributed by atoms with E-state index in [1.807, 2.05) is 41.9 Å². The summed E-state index contributed by atoms with van der Waals surface area (Å²) in [5.41, 5.74) is 5.58. The molecule has 0 bridgehead atoms. The SMILES string of the molecule is CN=C(NCCc1ccc2c(c1)OCO2)NCc1c(C)nn(-c2ccccc2)c1C. The van der Waals surface area contributed by atoms with Crippen molar-refractivity contribution in [2.75, 3.05) is 20.4 Å². The summed E-state index contributed by atoms with van der Waals surface area (Å²) in [6, 6.07) is 16.2. The van der Waals surface area contributed by atoms with Crippen molar-refractivity contribution in [2.24, 2.45) is 4.99 Å². The van der Waals surface area contributed by atoms with Gasteiger partial charge in [-0.15, -0.1) is 0 Å². The molecule has 0 fully saturated rings. The van der Waals surface area contributed by atoms with Crippen LogP contribution in [0.3, 0.4) is 0 Å². The first-order valence-corrected chi connectivity index (χ1v) is 10.1. The van der Waals surface area contributed by atoms with E-state index in [0.717, 1.165) is 47.5 Å². The number of aromatic nitrogens is 2. The highest BCUT2D eigenvalue weighted by molar-refractivity contribution is 5.79. The number of nitrogens with zero attached hydrogens (tertiary/aromatic N) is 3. The van der Waals surface area contributed by atoms with E-state index in [2.05, 4.69) is 40.7 Å². The lowest BCUT2D eigenvalue weighted by molar-refractivity contribution is 0.174. The fourth-order valence-corrected chi connectivity index (χ4v) is 3.57. The van der Waals surface area contributed by atoms with Crippen molar-refractivity contribution in [2.45, 2.75) is 26.8 Å². The van der Waals surface area contributed by atoms with E-state index in [4.69, 9.17) is 14.6 Å². The minimum Gasteiger partial charge on any atom is -0.454 e. The van der Waals surface area contributed by atoms with Crippen molar-refractivity contribution in [1.29, 1.82) is 0 Å². The van der Waals surface area contributed by atoms with Crippen LogP contribution < -0.4 is 20.1 Å². The van der Waals surface area contributed by atoms with Gasteiger partial charge in [0.2, 0.25) is 6.79 Å². The summed E-state index contributed by atoms with van der Waals surface area (Å²) >= 11 is 0. The normalized spacial score (nSPS) is 12.8. The van der Waals surface area contributed by atoms with Crippen LogP contribution in [0.5, 0.6) is 11.5 Å². The molecular weight excluding hydrogens is 378 g/mol. The molecule has 4 rings (SSSR count). The summed E-state index contributed by atoms with van der Waals surface area (Å²) in [7, 11) is 1.78. The van der Waals surface area contributed by atoms with Gasteiger partial charge in [0, 0.05) is 31.4 Å². The number of para-hydroxylation sites is 1. The molecule has 0 saturated carbocycles. The van der Waals surface area contributed by atoms with E-state index in [0.29, 0.717) is 13.3 Å². The van der Waals surface area contributed by atoms with Crippen LogP contribution in [0.4, 0.5) is 0 Å². The third-order valence-corrected chi connectivity index (χ3v) is 5.24. The predicted octanol–water partition coefficient (Wildman–Crippen LogP) is 3.13. The zero-order chi connectivity index (χ0) is 20.9. The van der Waals surface area contributed by atoms with Crippen LogP contribution in [0, 0.1) is 13.8 Å². The molecule has 0 spiro atoms. The molecule has 1 aromatic heterocycles.